The number of ketones is 1. The van der Waals surface area contributed by atoms with Crippen molar-refractivity contribution >= 4 is 52.2 Å². The number of Topliss-reactive ketones (excluding diaryl/α,β-unsaturated/α-hetero) is 1. The van der Waals surface area contributed by atoms with Crippen LogP contribution in [0.15, 0.2) is 60.7 Å². The molecule has 3 aliphatic carbocycles. The zero-order chi connectivity index (χ0) is 23.1. The van der Waals surface area contributed by atoms with Gasteiger partial charge >= 0.3 is 0 Å². The maximum absolute atomic E-state index is 13.3. The Labute approximate surface area is 200 Å². The molecule has 5 nitrogen and oxygen atoms in total. The van der Waals surface area contributed by atoms with E-state index in [1.54, 1.807) is 0 Å². The molecular weight excluding hydrogens is 432 g/mol. The fraction of sp³-hybridized carbons (Fsp3) is 0.100. The summed E-state index contributed by atoms with van der Waals surface area (Å²) in [5, 5.41) is 0. The summed E-state index contributed by atoms with van der Waals surface area (Å²) < 4.78 is 0. The molecule has 166 valence electrons. The first-order valence-electron chi connectivity index (χ1n) is 11.9. The van der Waals surface area contributed by atoms with Crippen LogP contribution >= 0.6 is 0 Å². The number of aromatic amines is 2. The van der Waals surface area contributed by atoms with Gasteiger partial charge in [-0.25, -0.2) is 9.97 Å². The molecule has 0 fully saturated rings. The second-order valence-corrected chi connectivity index (χ2v) is 9.60. The molecule has 10 bridgehead atoms. The third-order valence-electron chi connectivity index (χ3n) is 7.48. The van der Waals surface area contributed by atoms with E-state index in [1.165, 1.54) is 11.1 Å². The zero-order valence-electron chi connectivity index (χ0n) is 18.7. The number of carbonyl (C=O) groups is 1. The van der Waals surface area contributed by atoms with Crippen LogP contribution in [0.25, 0.3) is 46.4 Å². The number of hydrogen-bond donors (Lipinski definition) is 2. The van der Waals surface area contributed by atoms with Gasteiger partial charge in [0.15, 0.2) is 0 Å². The van der Waals surface area contributed by atoms with Gasteiger partial charge in [-0.15, -0.1) is 0 Å². The molecular formula is C30H20N4O. The summed E-state index contributed by atoms with van der Waals surface area (Å²) in [7, 11) is 0. The highest BCUT2D eigenvalue weighted by Crippen LogP contribution is 2.53. The Kier molecular flexibility index (Phi) is 3.65. The highest BCUT2D eigenvalue weighted by molar-refractivity contribution is 6.00. The molecule has 0 saturated heterocycles. The van der Waals surface area contributed by atoms with Gasteiger partial charge in [0.05, 0.1) is 28.7 Å². The number of nitrogens with one attached hydrogen (secondary N) is 2. The van der Waals surface area contributed by atoms with E-state index in [4.69, 9.17) is 9.97 Å². The lowest BCUT2D eigenvalue weighted by molar-refractivity contribution is -0.120. The topological polar surface area (TPSA) is 74.4 Å². The summed E-state index contributed by atoms with van der Waals surface area (Å²) in [6.07, 6.45) is 8.67. The summed E-state index contributed by atoms with van der Waals surface area (Å²) in [6, 6.07) is 20.8. The number of benzene rings is 1. The molecule has 2 atom stereocenters. The van der Waals surface area contributed by atoms with Crippen molar-refractivity contribution in [3.63, 3.8) is 0 Å². The molecule has 2 N–H and O–H groups in total. The van der Waals surface area contributed by atoms with E-state index < -0.39 is 0 Å². The van der Waals surface area contributed by atoms with Gasteiger partial charge < -0.3 is 9.97 Å². The Morgan fingerprint density at radius 3 is 1.89 bits per heavy atom. The minimum absolute atomic E-state index is 0.0555. The Morgan fingerprint density at radius 2 is 1.23 bits per heavy atom. The molecule has 0 amide bonds. The average molecular weight is 453 g/mol. The maximum Gasteiger partial charge on any atom is 0.145 e. The van der Waals surface area contributed by atoms with Crippen molar-refractivity contribution in [3.05, 3.63) is 106 Å². The van der Waals surface area contributed by atoms with Crippen LogP contribution in [-0.4, -0.2) is 25.7 Å². The summed E-state index contributed by atoms with van der Waals surface area (Å²) >= 11 is 0. The van der Waals surface area contributed by atoms with Crippen LogP contribution in [0.1, 0.15) is 63.3 Å². The second-order valence-electron chi connectivity index (χ2n) is 9.60. The summed E-state index contributed by atoms with van der Waals surface area (Å²) in [5.41, 5.74) is 12.3. The van der Waals surface area contributed by atoms with E-state index in [0.29, 0.717) is 12.2 Å². The number of aromatic nitrogens is 4. The third-order valence-corrected chi connectivity index (χ3v) is 7.48. The number of hydrogen-bond acceptors (Lipinski definition) is 3. The van der Waals surface area contributed by atoms with Gasteiger partial charge in [-0.1, -0.05) is 24.3 Å². The summed E-state index contributed by atoms with van der Waals surface area (Å²) in [5.74, 6) is 0.106. The molecule has 3 aromatic heterocycles. The molecule has 2 aliphatic heterocycles. The molecule has 1 aromatic carbocycles. The van der Waals surface area contributed by atoms with Crippen LogP contribution < -0.4 is 0 Å². The first kappa shape index (κ1) is 18.9. The van der Waals surface area contributed by atoms with Gasteiger partial charge in [0, 0.05) is 34.4 Å². The van der Waals surface area contributed by atoms with Crippen molar-refractivity contribution in [1.29, 1.82) is 0 Å². The first-order chi connectivity index (χ1) is 17.2. The van der Waals surface area contributed by atoms with Crippen LogP contribution in [0.5, 0.6) is 0 Å². The van der Waals surface area contributed by atoms with Crippen LogP contribution in [0.2, 0.25) is 0 Å². The lowest BCUT2D eigenvalue weighted by Gasteiger charge is -2.37. The molecule has 5 heteroatoms. The minimum atomic E-state index is -0.243. The number of carbonyl (C=O) groups excluding carboxylic acids is 1. The van der Waals surface area contributed by atoms with Gasteiger partial charge in [-0.2, -0.15) is 0 Å². The Bertz CT molecular complexity index is 1820. The highest BCUT2D eigenvalue weighted by atomic mass is 16.1. The largest absolute Gasteiger partial charge is 0.355 e. The molecule has 0 spiro atoms. The van der Waals surface area contributed by atoms with E-state index in [2.05, 4.69) is 46.4 Å². The van der Waals surface area contributed by atoms with Crippen LogP contribution in [0.3, 0.4) is 0 Å². The smallest absolute Gasteiger partial charge is 0.145 e. The number of nitrogens with zero attached hydrogens (tertiary/aromatic N) is 2. The molecule has 35 heavy (non-hydrogen) atoms. The Morgan fingerprint density at radius 1 is 0.657 bits per heavy atom. The SMILES string of the molecule is O=C1CC2c3ccccc3C1c1c2c2cc3nc(cc4ccc(cc5nc(cc1[nH]2)C=C5)[nH]4)C=C3. The molecule has 0 saturated carbocycles. The lowest BCUT2D eigenvalue weighted by atomic mass is 9.64. The standard InChI is InChI=1S/C30H20N4O/c35-27-15-24-22-3-1-2-4-23(22)29(27)30-26-14-21-10-8-19(33-21)12-17-6-5-16(31-17)11-18-7-9-20(32-18)13-25(34-26)28(24)30/h1-14,24,29,31,34H,15H2. The van der Waals surface area contributed by atoms with Gasteiger partial charge in [0.2, 0.25) is 0 Å². The molecule has 5 heterocycles. The van der Waals surface area contributed by atoms with Crippen molar-refractivity contribution in [3.8, 4) is 0 Å². The van der Waals surface area contributed by atoms with Crippen molar-refractivity contribution < 1.29 is 4.79 Å². The minimum Gasteiger partial charge on any atom is -0.355 e. The molecule has 0 radical (unpaired) electrons. The molecule has 4 aromatic rings. The fourth-order valence-corrected chi connectivity index (χ4v) is 6.07. The normalized spacial score (nSPS) is 19.1. The summed E-state index contributed by atoms with van der Waals surface area (Å²) in [4.78, 5) is 30.0. The Hall–Kier alpha value is -4.51. The van der Waals surface area contributed by atoms with Crippen LogP contribution in [-0.2, 0) is 4.79 Å². The average Bonchev–Trinajstić information content (AvgIpc) is 3.65. The van der Waals surface area contributed by atoms with Crippen LogP contribution in [0, 0.1) is 0 Å². The fourth-order valence-electron chi connectivity index (χ4n) is 6.07. The van der Waals surface area contributed by atoms with Gasteiger partial charge in [-0.3, -0.25) is 4.79 Å². The van der Waals surface area contributed by atoms with Crippen molar-refractivity contribution in [1.82, 2.24) is 19.9 Å². The molecule has 2 unspecified atom stereocenters. The first-order valence-corrected chi connectivity index (χ1v) is 11.9. The van der Waals surface area contributed by atoms with E-state index in [1.807, 2.05) is 48.6 Å². The number of fused-ring (bicyclic) bond motifs is 9. The second kappa shape index (κ2) is 6.76. The van der Waals surface area contributed by atoms with Gasteiger partial charge in [0.1, 0.15) is 5.78 Å². The van der Waals surface area contributed by atoms with E-state index in [0.717, 1.165) is 56.0 Å². The molecule has 9 rings (SSSR count). The monoisotopic (exact) mass is 452 g/mol. The van der Waals surface area contributed by atoms with Crippen LogP contribution in [0.4, 0.5) is 0 Å². The number of rotatable bonds is 0. The van der Waals surface area contributed by atoms with E-state index >= 15 is 0 Å². The highest BCUT2D eigenvalue weighted by Gasteiger charge is 2.44. The van der Waals surface area contributed by atoms with Crippen molar-refractivity contribution in [2.45, 2.75) is 18.3 Å². The lowest BCUT2D eigenvalue weighted by Crippen LogP contribution is -2.31. The predicted octanol–water partition coefficient (Wildman–Crippen LogP) is 6.21. The van der Waals surface area contributed by atoms with Gasteiger partial charge in [0.25, 0.3) is 0 Å². The third kappa shape index (κ3) is 2.78. The van der Waals surface area contributed by atoms with E-state index in [9.17, 15) is 4.79 Å². The zero-order valence-corrected chi connectivity index (χ0v) is 18.7. The van der Waals surface area contributed by atoms with Crippen molar-refractivity contribution in [2.75, 3.05) is 0 Å². The predicted molar refractivity (Wildman–Crippen MR) is 139 cm³/mol. The quantitative estimate of drug-likeness (QED) is 0.288. The van der Waals surface area contributed by atoms with Crippen molar-refractivity contribution in [2.24, 2.45) is 0 Å². The van der Waals surface area contributed by atoms with E-state index in [-0.39, 0.29) is 11.8 Å². The maximum atomic E-state index is 13.3. The van der Waals surface area contributed by atoms with Gasteiger partial charge in [-0.05, 0) is 83.0 Å². The number of H-pyrrole nitrogens is 2. The summed E-state index contributed by atoms with van der Waals surface area (Å²) in [6.45, 7) is 0. The Balaban J connectivity index is 1.50. The molecule has 5 aliphatic rings.